The summed E-state index contributed by atoms with van der Waals surface area (Å²) in [6.45, 7) is 1.17. The average molecular weight is 412 g/mol. The van der Waals surface area contributed by atoms with Crippen molar-refractivity contribution in [1.82, 2.24) is 14.7 Å². The Balaban J connectivity index is 1.34. The molecule has 0 radical (unpaired) electrons. The van der Waals surface area contributed by atoms with Crippen molar-refractivity contribution in [3.63, 3.8) is 0 Å². The van der Waals surface area contributed by atoms with Gasteiger partial charge in [-0.25, -0.2) is 0 Å². The smallest absolute Gasteiger partial charge is 0.260 e. The third kappa shape index (κ3) is 5.39. The van der Waals surface area contributed by atoms with Gasteiger partial charge in [0.15, 0.2) is 6.61 Å². The molecule has 0 aliphatic heterocycles. The number of rotatable bonds is 8. The second kappa shape index (κ2) is 9.76. The lowest BCUT2D eigenvalue weighted by atomic mass is 10.1. The number of hydrogen-bond acceptors (Lipinski definition) is 3. The highest BCUT2D eigenvalue weighted by Gasteiger charge is 2.13. The van der Waals surface area contributed by atoms with Crippen LogP contribution in [0.2, 0.25) is 0 Å². The lowest BCUT2D eigenvalue weighted by Crippen LogP contribution is -2.30. The highest BCUT2D eigenvalue weighted by atomic mass is 16.5. The van der Waals surface area contributed by atoms with Gasteiger partial charge in [0.25, 0.3) is 5.91 Å². The highest BCUT2D eigenvalue weighted by molar-refractivity contribution is 5.78. The second-order valence-corrected chi connectivity index (χ2v) is 7.43. The molecule has 4 rings (SSSR count). The van der Waals surface area contributed by atoms with E-state index in [1.54, 1.807) is 18.1 Å². The Hall–Kier alpha value is -3.86. The van der Waals surface area contributed by atoms with E-state index in [1.165, 1.54) is 5.56 Å². The van der Waals surface area contributed by atoms with Crippen molar-refractivity contribution >= 4 is 5.91 Å². The van der Waals surface area contributed by atoms with Gasteiger partial charge in [-0.05, 0) is 17.2 Å². The van der Waals surface area contributed by atoms with Gasteiger partial charge < -0.3 is 9.64 Å². The van der Waals surface area contributed by atoms with Crippen LogP contribution in [0.4, 0.5) is 0 Å². The van der Waals surface area contributed by atoms with Crippen molar-refractivity contribution in [2.24, 2.45) is 0 Å². The number of aromatic nitrogens is 2. The highest BCUT2D eigenvalue weighted by Crippen LogP contribution is 2.29. The zero-order valence-corrected chi connectivity index (χ0v) is 17.5. The first kappa shape index (κ1) is 20.4. The van der Waals surface area contributed by atoms with Crippen LogP contribution in [0.15, 0.2) is 97.3 Å². The van der Waals surface area contributed by atoms with Gasteiger partial charge in [-0.15, -0.1) is 0 Å². The molecule has 1 heterocycles. The van der Waals surface area contributed by atoms with Crippen LogP contribution < -0.4 is 4.74 Å². The Morgan fingerprint density at radius 1 is 0.903 bits per heavy atom. The maximum absolute atomic E-state index is 12.6. The van der Waals surface area contributed by atoms with Crippen LogP contribution in [0.25, 0.3) is 11.1 Å². The summed E-state index contributed by atoms with van der Waals surface area (Å²) in [6, 6.07) is 28.0. The number of carbonyl (C=O) groups is 1. The molecule has 4 aromatic rings. The van der Waals surface area contributed by atoms with Gasteiger partial charge in [-0.3, -0.25) is 9.48 Å². The normalized spacial score (nSPS) is 10.6. The number of likely N-dealkylation sites (N-methyl/N-ethyl adjacent to an activating group) is 1. The molecule has 0 N–H and O–H groups in total. The van der Waals surface area contributed by atoms with Crippen LogP contribution in [0.5, 0.6) is 5.75 Å². The molecule has 3 aromatic carbocycles. The van der Waals surface area contributed by atoms with Crippen molar-refractivity contribution in [1.29, 1.82) is 0 Å². The fourth-order valence-electron chi connectivity index (χ4n) is 3.41. The largest absolute Gasteiger partial charge is 0.483 e. The fraction of sp³-hybridized carbons (Fsp3) is 0.154. The van der Waals surface area contributed by atoms with Crippen LogP contribution in [0.1, 0.15) is 11.1 Å². The van der Waals surface area contributed by atoms with E-state index in [0.29, 0.717) is 18.8 Å². The molecule has 1 amide bonds. The quantitative estimate of drug-likeness (QED) is 0.425. The molecule has 0 aliphatic carbocycles. The van der Waals surface area contributed by atoms with Gasteiger partial charge in [0.2, 0.25) is 0 Å². The fourth-order valence-corrected chi connectivity index (χ4v) is 3.41. The van der Waals surface area contributed by atoms with E-state index in [4.69, 9.17) is 4.74 Å². The minimum atomic E-state index is -0.0846. The molecule has 0 unspecified atom stereocenters. The summed E-state index contributed by atoms with van der Waals surface area (Å²) in [6.07, 6.45) is 3.78. The van der Waals surface area contributed by atoms with Gasteiger partial charge >= 0.3 is 0 Å². The van der Waals surface area contributed by atoms with E-state index in [1.807, 2.05) is 83.7 Å². The summed E-state index contributed by atoms with van der Waals surface area (Å²) in [5.41, 5.74) is 4.20. The van der Waals surface area contributed by atoms with Crippen molar-refractivity contribution in [3.8, 4) is 16.9 Å². The first-order valence-corrected chi connectivity index (χ1v) is 10.3. The van der Waals surface area contributed by atoms with E-state index in [2.05, 4.69) is 17.2 Å². The van der Waals surface area contributed by atoms with E-state index in [0.717, 1.165) is 16.7 Å². The minimum Gasteiger partial charge on any atom is -0.483 e. The molecule has 0 saturated heterocycles. The van der Waals surface area contributed by atoms with Gasteiger partial charge in [-0.2, -0.15) is 5.10 Å². The number of amides is 1. The summed E-state index contributed by atoms with van der Waals surface area (Å²) in [5.74, 6) is 0.616. The lowest BCUT2D eigenvalue weighted by Gasteiger charge is -2.17. The van der Waals surface area contributed by atoms with Gasteiger partial charge in [0.1, 0.15) is 5.75 Å². The molecule has 0 fully saturated rings. The van der Waals surface area contributed by atoms with Crippen LogP contribution in [-0.2, 0) is 17.9 Å². The SMILES string of the molecule is CN(Cc1cnn(Cc2ccccc2)c1)C(=O)COc1ccccc1-c1ccccc1. The first-order valence-electron chi connectivity index (χ1n) is 10.3. The number of nitrogens with zero attached hydrogens (tertiary/aromatic N) is 3. The summed E-state index contributed by atoms with van der Waals surface area (Å²) in [7, 11) is 1.78. The molecule has 31 heavy (non-hydrogen) atoms. The van der Waals surface area contributed by atoms with Gasteiger partial charge in [0.05, 0.1) is 12.7 Å². The number of para-hydroxylation sites is 1. The summed E-state index contributed by atoms with van der Waals surface area (Å²) < 4.78 is 7.77. The zero-order chi connectivity index (χ0) is 21.5. The molecule has 5 nitrogen and oxygen atoms in total. The summed E-state index contributed by atoms with van der Waals surface area (Å²) in [5, 5.41) is 4.41. The third-order valence-electron chi connectivity index (χ3n) is 5.04. The Labute approximate surface area is 182 Å². The van der Waals surface area contributed by atoms with Crippen LogP contribution in [-0.4, -0.2) is 34.2 Å². The Morgan fingerprint density at radius 3 is 2.35 bits per heavy atom. The van der Waals surface area contributed by atoms with Crippen molar-refractivity contribution in [2.75, 3.05) is 13.7 Å². The summed E-state index contributed by atoms with van der Waals surface area (Å²) in [4.78, 5) is 14.3. The summed E-state index contributed by atoms with van der Waals surface area (Å²) >= 11 is 0. The number of carbonyl (C=O) groups excluding carboxylic acids is 1. The molecular formula is C26H25N3O2. The molecule has 156 valence electrons. The van der Waals surface area contributed by atoms with Gasteiger partial charge in [0, 0.05) is 30.9 Å². The first-order chi connectivity index (χ1) is 15.2. The average Bonchev–Trinajstić information content (AvgIpc) is 3.25. The number of hydrogen-bond donors (Lipinski definition) is 0. The lowest BCUT2D eigenvalue weighted by molar-refractivity contribution is -0.132. The number of ether oxygens (including phenoxy) is 1. The van der Waals surface area contributed by atoms with Crippen LogP contribution >= 0.6 is 0 Å². The van der Waals surface area contributed by atoms with E-state index in [-0.39, 0.29) is 12.5 Å². The molecular weight excluding hydrogens is 386 g/mol. The zero-order valence-electron chi connectivity index (χ0n) is 17.5. The number of benzene rings is 3. The topological polar surface area (TPSA) is 47.4 Å². The van der Waals surface area contributed by atoms with Crippen molar-refractivity contribution in [2.45, 2.75) is 13.1 Å². The van der Waals surface area contributed by atoms with E-state index < -0.39 is 0 Å². The Morgan fingerprint density at radius 2 is 1.58 bits per heavy atom. The molecule has 0 atom stereocenters. The predicted molar refractivity (Wildman–Crippen MR) is 122 cm³/mol. The molecule has 0 bridgehead atoms. The van der Waals surface area contributed by atoms with E-state index >= 15 is 0 Å². The Bertz CT molecular complexity index is 1120. The van der Waals surface area contributed by atoms with Crippen molar-refractivity contribution < 1.29 is 9.53 Å². The molecule has 0 spiro atoms. The second-order valence-electron chi connectivity index (χ2n) is 7.43. The maximum atomic E-state index is 12.6. The van der Waals surface area contributed by atoms with Crippen molar-refractivity contribution in [3.05, 3.63) is 108 Å². The van der Waals surface area contributed by atoms with Crippen LogP contribution in [0, 0.1) is 0 Å². The van der Waals surface area contributed by atoms with Gasteiger partial charge in [-0.1, -0.05) is 78.9 Å². The molecule has 1 aromatic heterocycles. The third-order valence-corrected chi connectivity index (χ3v) is 5.04. The van der Waals surface area contributed by atoms with E-state index in [9.17, 15) is 4.79 Å². The molecule has 0 aliphatic rings. The maximum Gasteiger partial charge on any atom is 0.260 e. The molecule has 0 saturated carbocycles. The predicted octanol–water partition coefficient (Wildman–Crippen LogP) is 4.64. The monoisotopic (exact) mass is 411 g/mol. The molecule has 5 heteroatoms. The van der Waals surface area contributed by atoms with Crippen LogP contribution in [0.3, 0.4) is 0 Å². The standard InChI is InChI=1S/C26H25N3O2/c1-28(17-22-16-27-29(19-22)18-21-10-4-2-5-11-21)26(30)20-31-25-15-9-8-14-24(25)23-12-6-3-7-13-23/h2-16,19H,17-18,20H2,1H3. The Kier molecular flexibility index (Phi) is 6.43. The minimum absolute atomic E-state index is 0.0154.